The van der Waals surface area contributed by atoms with Crippen molar-refractivity contribution in [2.24, 2.45) is 0 Å². The lowest BCUT2D eigenvalue weighted by atomic mass is 9.93. The summed E-state index contributed by atoms with van der Waals surface area (Å²) in [6, 6.07) is 9.30. The number of phosphoric acid groups is 1. The van der Waals surface area contributed by atoms with E-state index in [-0.39, 0.29) is 12.2 Å². The highest BCUT2D eigenvalue weighted by Gasteiger charge is 2.56. The first kappa shape index (κ1) is 34.0. The third-order valence-corrected chi connectivity index (χ3v) is 8.39. The number of nitrogens with zero attached hydrogens (tertiary/aromatic N) is 3. The number of H-pyrrole nitrogens is 1. The maximum absolute atomic E-state index is 13.8. The molecule has 3 unspecified atom stereocenters. The van der Waals surface area contributed by atoms with Crippen LogP contribution < -0.4 is 22.3 Å². The van der Waals surface area contributed by atoms with Crippen molar-refractivity contribution in [2.45, 2.75) is 48.9 Å². The number of aromatic nitrogens is 4. The van der Waals surface area contributed by atoms with E-state index < -0.39 is 92.2 Å². The number of halogens is 1. The van der Waals surface area contributed by atoms with Crippen LogP contribution in [0.4, 0.5) is 10.2 Å². The highest BCUT2D eigenvalue weighted by molar-refractivity contribution is 7.47. The SMILES string of the molecule is C#C[C@]1(O)C(O)[C@@H](n2ccc(NC(=O)c3ccccc3)nc2=O)O[C@H]1COP(=O)(O)OC1C[C@H](n2cc(F)c(=O)[nH]c2=O)O[C@@H]1CO. The summed E-state index contributed by atoms with van der Waals surface area (Å²) in [7, 11) is -5.10. The lowest BCUT2D eigenvalue weighted by molar-refractivity contribution is -0.0681. The second kappa shape index (κ2) is 13.4. The summed E-state index contributed by atoms with van der Waals surface area (Å²) < 4.78 is 49.1. The lowest BCUT2D eigenvalue weighted by Crippen LogP contribution is -2.48. The number of phosphoric ester groups is 1. The normalized spacial score (nSPS) is 28.4. The van der Waals surface area contributed by atoms with Gasteiger partial charge in [-0.2, -0.15) is 9.37 Å². The molecule has 0 bridgehead atoms. The third kappa shape index (κ3) is 7.01. The number of hydrogen-bond acceptors (Lipinski definition) is 13. The summed E-state index contributed by atoms with van der Waals surface area (Å²) >= 11 is 0. The minimum atomic E-state index is -5.10. The number of anilines is 1. The van der Waals surface area contributed by atoms with Gasteiger partial charge in [0.2, 0.25) is 5.82 Å². The van der Waals surface area contributed by atoms with Gasteiger partial charge >= 0.3 is 19.2 Å². The first-order valence-electron chi connectivity index (χ1n) is 13.7. The van der Waals surface area contributed by atoms with Gasteiger partial charge in [0.1, 0.15) is 36.5 Å². The molecule has 1 aromatic carbocycles. The smallest absolute Gasteiger partial charge is 0.394 e. The van der Waals surface area contributed by atoms with Gasteiger partial charge in [-0.05, 0) is 18.2 Å². The molecule has 2 aliphatic rings. The molecule has 4 heterocycles. The number of carbonyl (C=O) groups excluding carboxylic acids is 1. The molecule has 5 rings (SSSR count). The first-order valence-corrected chi connectivity index (χ1v) is 15.2. The van der Waals surface area contributed by atoms with Gasteiger partial charge < -0.3 is 35.0 Å². The molecule has 0 spiro atoms. The summed E-state index contributed by atoms with van der Waals surface area (Å²) in [6.07, 6.45) is -2.66. The van der Waals surface area contributed by atoms with E-state index in [1.165, 1.54) is 6.07 Å². The number of aromatic amines is 1. The van der Waals surface area contributed by atoms with E-state index in [0.29, 0.717) is 16.3 Å². The second-order valence-electron chi connectivity index (χ2n) is 10.4. The van der Waals surface area contributed by atoms with Crippen LogP contribution >= 0.6 is 7.82 Å². The number of aliphatic hydroxyl groups is 3. The zero-order chi connectivity index (χ0) is 34.1. The van der Waals surface area contributed by atoms with Crippen LogP contribution in [0.1, 0.15) is 29.2 Å². The van der Waals surface area contributed by atoms with Crippen LogP contribution in [0.2, 0.25) is 0 Å². The number of nitrogens with one attached hydrogen (secondary N) is 2. The van der Waals surface area contributed by atoms with Crippen LogP contribution in [0.5, 0.6) is 0 Å². The van der Waals surface area contributed by atoms with Crippen LogP contribution in [-0.4, -0.2) is 88.5 Å². The maximum atomic E-state index is 13.8. The average Bonchev–Trinajstić information content (AvgIpc) is 3.55. The number of carbonyl (C=O) groups is 1. The van der Waals surface area contributed by atoms with Gasteiger partial charge in [0.15, 0.2) is 11.8 Å². The van der Waals surface area contributed by atoms with Crippen LogP contribution in [0.3, 0.4) is 0 Å². The standard InChI is InChI=1S/C27H27FN5O13P/c1-2-27(40)18(45-24(21(27)35)32-9-8-19(30-25(32)38)29-22(36)14-6-4-3-5-7-14)13-43-47(41,42)46-16-10-20(44-17(16)12-34)33-11-15(28)23(37)31-26(33)39/h1,3-9,11,16-18,20-21,24,34-35,40H,10,12-13H2,(H,41,42)(H,31,37,39)(H,29,30,36,38)/t16?,17-,18+,20-,21?,24+,27-/m1/s1. The Morgan fingerprint density at radius 1 is 1.23 bits per heavy atom. The van der Waals surface area contributed by atoms with E-state index in [4.69, 9.17) is 24.9 Å². The van der Waals surface area contributed by atoms with E-state index in [2.05, 4.69) is 10.3 Å². The Labute approximate surface area is 262 Å². The molecule has 2 saturated heterocycles. The fraction of sp³-hybridized carbons (Fsp3) is 0.370. The zero-order valence-corrected chi connectivity index (χ0v) is 24.8. The van der Waals surface area contributed by atoms with E-state index in [1.54, 1.807) is 35.3 Å². The molecule has 8 atom stereocenters. The van der Waals surface area contributed by atoms with Crippen LogP contribution in [0, 0.1) is 18.2 Å². The minimum absolute atomic E-state index is 0.132. The monoisotopic (exact) mass is 679 g/mol. The van der Waals surface area contributed by atoms with Gasteiger partial charge in [-0.15, -0.1) is 6.42 Å². The maximum Gasteiger partial charge on any atom is 0.472 e. The molecule has 47 heavy (non-hydrogen) atoms. The molecule has 1 amide bonds. The van der Waals surface area contributed by atoms with Gasteiger partial charge in [-0.3, -0.25) is 32.8 Å². The Kier molecular flexibility index (Phi) is 9.70. The molecular weight excluding hydrogens is 652 g/mol. The Morgan fingerprint density at radius 2 is 1.96 bits per heavy atom. The van der Waals surface area contributed by atoms with Crippen molar-refractivity contribution in [3.8, 4) is 12.3 Å². The average molecular weight is 680 g/mol. The zero-order valence-electron chi connectivity index (χ0n) is 23.9. The molecule has 18 nitrogen and oxygen atoms in total. The molecule has 0 aliphatic carbocycles. The molecule has 20 heteroatoms. The number of amides is 1. The van der Waals surface area contributed by atoms with Crippen molar-refractivity contribution in [3.63, 3.8) is 0 Å². The Hall–Kier alpha value is -4.35. The van der Waals surface area contributed by atoms with Crippen molar-refractivity contribution >= 4 is 19.5 Å². The van der Waals surface area contributed by atoms with Crippen molar-refractivity contribution < 1.29 is 52.5 Å². The number of aliphatic hydroxyl groups excluding tert-OH is 2. The molecular formula is C27H27FN5O13P. The van der Waals surface area contributed by atoms with E-state index in [0.717, 1.165) is 10.8 Å². The number of ether oxygens (including phenoxy) is 2. The molecule has 250 valence electrons. The Balaban J connectivity index is 1.25. The minimum Gasteiger partial charge on any atom is -0.394 e. The predicted molar refractivity (Wildman–Crippen MR) is 154 cm³/mol. The molecule has 2 fully saturated rings. The summed E-state index contributed by atoms with van der Waals surface area (Å²) in [4.78, 5) is 64.5. The number of rotatable bonds is 10. The molecule has 2 aliphatic heterocycles. The fourth-order valence-corrected chi connectivity index (χ4v) is 5.90. The second-order valence-corrected chi connectivity index (χ2v) is 11.8. The molecule has 3 aromatic rings. The first-order chi connectivity index (χ1) is 22.3. The molecule has 6 N–H and O–H groups in total. The van der Waals surface area contributed by atoms with Gasteiger partial charge in [-0.25, -0.2) is 14.2 Å². The van der Waals surface area contributed by atoms with E-state index in [9.17, 15) is 48.3 Å². The quantitative estimate of drug-likeness (QED) is 0.106. The number of terminal acetylenes is 1. The fourth-order valence-electron chi connectivity index (χ4n) is 4.95. The van der Waals surface area contributed by atoms with Gasteiger partial charge in [-0.1, -0.05) is 24.1 Å². The lowest BCUT2D eigenvalue weighted by Gasteiger charge is -2.26. The van der Waals surface area contributed by atoms with E-state index in [1.807, 2.05) is 5.92 Å². The largest absolute Gasteiger partial charge is 0.472 e. The van der Waals surface area contributed by atoms with Gasteiger partial charge in [0.05, 0.1) is 19.4 Å². The van der Waals surface area contributed by atoms with Crippen molar-refractivity contribution in [1.29, 1.82) is 0 Å². The van der Waals surface area contributed by atoms with Gasteiger partial charge in [0.25, 0.3) is 11.5 Å². The summed E-state index contributed by atoms with van der Waals surface area (Å²) in [5, 5.41) is 34.0. The summed E-state index contributed by atoms with van der Waals surface area (Å²) in [5.41, 5.74) is -5.61. The van der Waals surface area contributed by atoms with Gasteiger partial charge in [0, 0.05) is 18.2 Å². The third-order valence-electron chi connectivity index (χ3n) is 7.38. The highest BCUT2D eigenvalue weighted by Crippen LogP contribution is 2.49. The Bertz CT molecular complexity index is 1910. The summed E-state index contributed by atoms with van der Waals surface area (Å²) in [5.74, 6) is -0.0578. The molecule has 2 aromatic heterocycles. The predicted octanol–water partition coefficient (Wildman–Crippen LogP) is -1.41. The number of benzene rings is 1. The van der Waals surface area contributed by atoms with Crippen molar-refractivity contribution in [1.82, 2.24) is 19.1 Å². The van der Waals surface area contributed by atoms with Crippen LogP contribution in [-0.2, 0) is 23.1 Å². The van der Waals surface area contributed by atoms with Crippen molar-refractivity contribution in [3.05, 3.63) is 91.5 Å². The highest BCUT2D eigenvalue weighted by atomic mass is 31.2. The van der Waals surface area contributed by atoms with E-state index >= 15 is 0 Å². The molecule has 0 radical (unpaired) electrons. The Morgan fingerprint density at radius 3 is 2.62 bits per heavy atom. The topological polar surface area (TPSA) is 254 Å². The van der Waals surface area contributed by atoms with Crippen molar-refractivity contribution in [2.75, 3.05) is 18.5 Å². The molecule has 0 saturated carbocycles. The number of hydrogen-bond donors (Lipinski definition) is 6. The van der Waals surface area contributed by atoms with Crippen LogP contribution in [0.15, 0.2) is 63.2 Å². The van der Waals surface area contributed by atoms with Crippen LogP contribution in [0.25, 0.3) is 0 Å². The summed E-state index contributed by atoms with van der Waals surface area (Å²) in [6.45, 7) is -1.74.